The van der Waals surface area contributed by atoms with E-state index in [0.717, 1.165) is 0 Å². The second-order valence-corrected chi connectivity index (χ2v) is 4.40. The van der Waals surface area contributed by atoms with Gasteiger partial charge in [-0.15, -0.1) is 6.42 Å². The lowest BCUT2D eigenvalue weighted by Gasteiger charge is -2.02. The highest BCUT2D eigenvalue weighted by atomic mass is 16.3. The summed E-state index contributed by atoms with van der Waals surface area (Å²) in [6, 6.07) is 0. The molecule has 0 spiro atoms. The Morgan fingerprint density at radius 1 is 1.00 bits per heavy atom. The maximum atomic E-state index is 10.7. The minimum Gasteiger partial charge on any atom is -0.381 e. The topological polar surface area (TPSA) is 81.1 Å². The van der Waals surface area contributed by atoms with Gasteiger partial charge in [0.25, 0.3) is 5.91 Å². The van der Waals surface area contributed by atoms with Crippen LogP contribution in [0.1, 0.15) is 20.8 Å². The van der Waals surface area contributed by atoms with Crippen molar-refractivity contribution in [3.8, 4) is 24.2 Å². The highest BCUT2D eigenvalue weighted by Crippen LogP contribution is 1.77. The number of rotatable bonds is 0. The van der Waals surface area contributed by atoms with Crippen LogP contribution >= 0.6 is 0 Å². The van der Waals surface area contributed by atoms with Crippen LogP contribution in [0.3, 0.4) is 0 Å². The molecule has 0 aliphatic carbocycles. The Kier molecular flexibility index (Phi) is 16.5. The Balaban J connectivity index is -0.000000252. The lowest BCUT2D eigenvalue weighted by Crippen LogP contribution is -2.19. The van der Waals surface area contributed by atoms with Crippen LogP contribution in [0.25, 0.3) is 0 Å². The van der Waals surface area contributed by atoms with E-state index in [2.05, 4.69) is 24.2 Å². The Morgan fingerprint density at radius 2 is 1.33 bits per heavy atom. The molecule has 2 amide bonds. The first-order chi connectivity index (χ1) is 9.45. The quantitative estimate of drug-likeness (QED) is 0.594. The Bertz CT molecular complexity index is 396. The number of terminal acetylenes is 1. The van der Waals surface area contributed by atoms with E-state index in [1.165, 1.54) is 23.6 Å². The van der Waals surface area contributed by atoms with Gasteiger partial charge in [0.2, 0.25) is 5.91 Å². The molecule has 2 atom stereocenters. The lowest BCUT2D eigenvalue weighted by atomic mass is 10.4. The van der Waals surface area contributed by atoms with Gasteiger partial charge in [-0.2, -0.15) is 0 Å². The van der Waals surface area contributed by atoms with Crippen LogP contribution in [-0.4, -0.2) is 72.2 Å². The van der Waals surface area contributed by atoms with Crippen LogP contribution < -0.4 is 0 Å². The van der Waals surface area contributed by atoms with E-state index in [1.54, 1.807) is 35.1 Å². The van der Waals surface area contributed by atoms with Crippen LogP contribution in [0.4, 0.5) is 0 Å². The maximum Gasteiger partial charge on any atom is 0.298 e. The first-order valence-corrected chi connectivity index (χ1v) is 6.18. The summed E-state index contributed by atoms with van der Waals surface area (Å²) in [5.74, 6) is 6.49. The molecule has 0 aromatic heterocycles. The van der Waals surface area contributed by atoms with E-state index in [1.807, 2.05) is 0 Å². The van der Waals surface area contributed by atoms with Gasteiger partial charge in [0.15, 0.2) is 0 Å². The maximum absolute atomic E-state index is 10.7. The van der Waals surface area contributed by atoms with Crippen molar-refractivity contribution in [3.63, 3.8) is 0 Å². The monoisotopic (exact) mass is 298 g/mol. The number of nitrogens with zero attached hydrogens (tertiary/aromatic N) is 2. The molecule has 120 valence electrons. The summed E-state index contributed by atoms with van der Waals surface area (Å²) in [4.78, 5) is 23.6. The van der Waals surface area contributed by atoms with Crippen LogP contribution in [0.5, 0.6) is 0 Å². The van der Waals surface area contributed by atoms with Crippen molar-refractivity contribution >= 4 is 11.8 Å². The molecule has 0 aromatic carbocycles. The lowest BCUT2D eigenvalue weighted by molar-refractivity contribution is -0.126. The molecule has 0 aliphatic heterocycles. The number of amides is 2. The average Bonchev–Trinajstić information content (AvgIpc) is 2.36. The molecule has 0 rings (SSSR count). The zero-order valence-electron chi connectivity index (χ0n) is 13.8. The van der Waals surface area contributed by atoms with Crippen molar-refractivity contribution in [2.45, 2.75) is 33.0 Å². The molecule has 0 heterocycles. The van der Waals surface area contributed by atoms with E-state index < -0.39 is 12.2 Å². The molecule has 0 saturated heterocycles. The average molecular weight is 298 g/mol. The number of aliphatic hydroxyl groups excluding tert-OH is 2. The fourth-order valence-corrected chi connectivity index (χ4v) is 0.278. The molecule has 0 bridgehead atoms. The van der Waals surface area contributed by atoms with Crippen molar-refractivity contribution < 1.29 is 19.8 Å². The van der Waals surface area contributed by atoms with Crippen molar-refractivity contribution in [2.75, 3.05) is 28.2 Å². The van der Waals surface area contributed by atoms with E-state index in [0.29, 0.717) is 0 Å². The summed E-state index contributed by atoms with van der Waals surface area (Å²) in [5.41, 5.74) is 0. The van der Waals surface area contributed by atoms with Crippen LogP contribution in [-0.2, 0) is 9.59 Å². The molecule has 0 fully saturated rings. The van der Waals surface area contributed by atoms with Crippen LogP contribution in [0, 0.1) is 24.2 Å². The molecule has 2 N–H and O–H groups in total. The third kappa shape index (κ3) is 27.3. The van der Waals surface area contributed by atoms with Gasteiger partial charge in [-0.25, -0.2) is 0 Å². The molecule has 0 unspecified atom stereocenters. The summed E-state index contributed by atoms with van der Waals surface area (Å²) in [5, 5.41) is 16.8. The van der Waals surface area contributed by atoms with Crippen molar-refractivity contribution in [2.24, 2.45) is 0 Å². The molecule has 21 heavy (non-hydrogen) atoms. The molecule has 6 nitrogen and oxygen atoms in total. The first kappa shape index (κ1) is 24.0. The normalized spacial score (nSPS) is 10.7. The second-order valence-electron chi connectivity index (χ2n) is 4.40. The van der Waals surface area contributed by atoms with E-state index in [4.69, 9.17) is 10.2 Å². The number of hydrogen-bond donors (Lipinski definition) is 2. The highest BCUT2D eigenvalue weighted by molar-refractivity contribution is 5.93. The summed E-state index contributed by atoms with van der Waals surface area (Å²) >= 11 is 0. The molecule has 0 saturated carbocycles. The van der Waals surface area contributed by atoms with Crippen molar-refractivity contribution in [1.29, 1.82) is 0 Å². The number of aliphatic hydroxyl groups is 2. The van der Waals surface area contributed by atoms with Gasteiger partial charge >= 0.3 is 0 Å². The van der Waals surface area contributed by atoms with E-state index in [9.17, 15) is 9.59 Å². The number of hydrogen-bond acceptors (Lipinski definition) is 4. The van der Waals surface area contributed by atoms with Crippen LogP contribution in [0.2, 0.25) is 0 Å². The number of carbonyl (C=O) groups excluding carboxylic acids is 2. The van der Waals surface area contributed by atoms with Gasteiger partial charge in [0.1, 0.15) is 12.2 Å². The molecule has 0 aliphatic rings. The van der Waals surface area contributed by atoms with E-state index in [-0.39, 0.29) is 11.8 Å². The molecule has 0 aromatic rings. The largest absolute Gasteiger partial charge is 0.381 e. The summed E-state index contributed by atoms with van der Waals surface area (Å²) < 4.78 is 0. The van der Waals surface area contributed by atoms with Crippen molar-refractivity contribution in [3.05, 3.63) is 0 Å². The fourth-order valence-electron chi connectivity index (χ4n) is 0.278. The Hall–Kier alpha value is -2.02. The molecular formula is C15H26N2O4. The Morgan fingerprint density at radius 3 is 1.48 bits per heavy atom. The zero-order valence-corrected chi connectivity index (χ0v) is 13.8. The minimum absolute atomic E-state index is 0.0926. The number of carbonyl (C=O) groups is 2. The highest BCUT2D eigenvalue weighted by Gasteiger charge is 1.96. The molecular weight excluding hydrogens is 272 g/mol. The van der Waals surface area contributed by atoms with Gasteiger partial charge in [-0.1, -0.05) is 11.8 Å². The van der Waals surface area contributed by atoms with Gasteiger partial charge in [0.05, 0.1) is 0 Å². The fraction of sp³-hybridized carbons (Fsp3) is 0.600. The van der Waals surface area contributed by atoms with Crippen molar-refractivity contribution in [1.82, 2.24) is 9.80 Å². The second kappa shape index (κ2) is 14.4. The summed E-state index contributed by atoms with van der Waals surface area (Å²) in [6.07, 6.45) is 3.35. The van der Waals surface area contributed by atoms with Gasteiger partial charge in [0, 0.05) is 35.1 Å². The smallest absolute Gasteiger partial charge is 0.298 e. The summed E-state index contributed by atoms with van der Waals surface area (Å²) in [6.45, 7) is 4.58. The molecule has 0 radical (unpaired) electrons. The van der Waals surface area contributed by atoms with Gasteiger partial charge < -0.3 is 20.0 Å². The first-order valence-electron chi connectivity index (χ1n) is 6.18. The van der Waals surface area contributed by atoms with Crippen LogP contribution in [0.15, 0.2) is 0 Å². The van der Waals surface area contributed by atoms with Gasteiger partial charge in [-0.05, 0) is 19.8 Å². The minimum atomic E-state index is -0.733. The predicted molar refractivity (Wildman–Crippen MR) is 83.0 cm³/mol. The SMILES string of the molecule is C#C[C@@H](C)O.CC(=O)N(C)C.C[C@@H](O)C#CC(=O)N(C)C. The van der Waals surface area contributed by atoms with E-state index >= 15 is 0 Å². The summed E-state index contributed by atoms with van der Waals surface area (Å²) in [7, 11) is 6.67. The molecule has 6 heteroatoms. The van der Waals surface area contributed by atoms with Gasteiger partial charge in [-0.3, -0.25) is 9.59 Å². The third-order valence-corrected chi connectivity index (χ3v) is 1.67. The standard InChI is InChI=1S/C7H11NO2.C4H9NO.C4H6O/c1-6(9)4-5-7(10)8(2)3;1-4(6)5(2)3;1-3-4(2)5/h6,9H,1-3H3;1-3H3;1,4-5H,2H3/t6-;;4-/m1.1/s1. The zero-order chi connectivity index (χ0) is 17.6. The third-order valence-electron chi connectivity index (χ3n) is 1.67. The predicted octanol–water partition coefficient (Wildman–Crippen LogP) is -0.446. The Labute approximate surface area is 127 Å².